The Kier molecular flexibility index (Phi) is 2.73. The van der Waals surface area contributed by atoms with E-state index >= 15 is 0 Å². The van der Waals surface area contributed by atoms with Crippen LogP contribution in [0.4, 0.5) is 0 Å². The molecule has 0 aliphatic carbocycles. The molecule has 1 rings (SSSR count). The second-order valence-corrected chi connectivity index (χ2v) is 3.24. The zero-order chi connectivity index (χ0) is 9.14. The molecule has 0 N–H and O–H groups in total. The molecule has 0 bridgehead atoms. The van der Waals surface area contributed by atoms with Gasteiger partial charge in [-0.05, 0) is 23.8 Å². The van der Waals surface area contributed by atoms with E-state index in [9.17, 15) is 0 Å². The van der Waals surface area contributed by atoms with E-state index in [1.807, 2.05) is 19.9 Å². The van der Waals surface area contributed by atoms with E-state index < -0.39 is 0 Å². The third kappa shape index (κ3) is 1.78. The molecule has 0 fully saturated rings. The highest BCUT2D eigenvalue weighted by Crippen LogP contribution is 2.21. The Morgan fingerprint density at radius 2 is 2.08 bits per heavy atom. The van der Waals surface area contributed by atoms with Gasteiger partial charge in [-0.25, -0.2) is 0 Å². The molecule has 0 heterocycles. The second-order valence-electron chi connectivity index (χ2n) is 2.80. The summed E-state index contributed by atoms with van der Waals surface area (Å²) in [4.78, 5) is 0. The highest BCUT2D eigenvalue weighted by molar-refractivity contribution is 6.30. The lowest BCUT2D eigenvalue weighted by molar-refractivity contribution is 1.14. The van der Waals surface area contributed by atoms with Gasteiger partial charge in [0, 0.05) is 10.9 Å². The Balaban J connectivity index is 3.24. The minimum absolute atomic E-state index is 0.671. The Morgan fingerprint density at radius 3 is 2.58 bits per heavy atom. The SMILES string of the molecule is C[C](C)c1cc(Cl)ccc1C#N. The van der Waals surface area contributed by atoms with Crippen molar-refractivity contribution < 1.29 is 0 Å². The molecule has 0 aromatic heterocycles. The fraction of sp³-hybridized carbons (Fsp3) is 0.200. The van der Waals surface area contributed by atoms with Gasteiger partial charge in [-0.1, -0.05) is 25.4 Å². The average molecular weight is 179 g/mol. The van der Waals surface area contributed by atoms with Gasteiger partial charge in [0.15, 0.2) is 0 Å². The number of hydrogen-bond acceptors (Lipinski definition) is 1. The van der Waals surface area contributed by atoms with E-state index in [0.717, 1.165) is 11.5 Å². The molecule has 0 unspecified atom stereocenters. The van der Waals surface area contributed by atoms with Crippen LogP contribution < -0.4 is 0 Å². The predicted molar refractivity (Wildman–Crippen MR) is 49.9 cm³/mol. The summed E-state index contributed by atoms with van der Waals surface area (Å²) >= 11 is 5.80. The fourth-order valence-electron chi connectivity index (χ4n) is 1.03. The van der Waals surface area contributed by atoms with E-state index in [-0.39, 0.29) is 0 Å². The first-order valence-electron chi connectivity index (χ1n) is 3.65. The smallest absolute Gasteiger partial charge is 0.0994 e. The van der Waals surface area contributed by atoms with E-state index in [0.29, 0.717) is 10.6 Å². The number of benzene rings is 1. The summed E-state index contributed by atoms with van der Waals surface area (Å²) in [6, 6.07) is 7.41. The highest BCUT2D eigenvalue weighted by atomic mass is 35.5. The van der Waals surface area contributed by atoms with Gasteiger partial charge in [-0.15, -0.1) is 0 Å². The van der Waals surface area contributed by atoms with Crippen molar-refractivity contribution in [1.29, 1.82) is 5.26 Å². The van der Waals surface area contributed by atoms with Gasteiger partial charge in [-0.2, -0.15) is 5.26 Å². The Morgan fingerprint density at radius 1 is 1.42 bits per heavy atom. The lowest BCUT2D eigenvalue weighted by Crippen LogP contribution is -1.92. The van der Waals surface area contributed by atoms with Crippen molar-refractivity contribution in [2.45, 2.75) is 13.8 Å². The normalized spacial score (nSPS) is 9.92. The molecule has 0 amide bonds. The largest absolute Gasteiger partial charge is 0.192 e. The summed E-state index contributed by atoms with van der Waals surface area (Å²) in [5.41, 5.74) is 1.62. The van der Waals surface area contributed by atoms with Crippen LogP contribution in [0.2, 0.25) is 5.02 Å². The third-order valence-electron chi connectivity index (χ3n) is 1.64. The van der Waals surface area contributed by atoms with E-state index in [1.54, 1.807) is 12.1 Å². The van der Waals surface area contributed by atoms with Crippen molar-refractivity contribution in [2.75, 3.05) is 0 Å². The van der Waals surface area contributed by atoms with Crippen molar-refractivity contribution >= 4 is 11.6 Å². The number of nitrogens with zero attached hydrogens (tertiary/aromatic N) is 1. The number of rotatable bonds is 1. The molecule has 0 atom stereocenters. The second kappa shape index (κ2) is 3.60. The average Bonchev–Trinajstić information content (AvgIpc) is 2.04. The summed E-state index contributed by atoms with van der Waals surface area (Å²) in [5, 5.41) is 9.42. The zero-order valence-electron chi connectivity index (χ0n) is 7.06. The lowest BCUT2D eigenvalue weighted by Gasteiger charge is -2.06. The topological polar surface area (TPSA) is 23.8 Å². The summed E-state index contributed by atoms with van der Waals surface area (Å²) < 4.78 is 0. The van der Waals surface area contributed by atoms with Crippen molar-refractivity contribution in [3.8, 4) is 6.07 Å². The van der Waals surface area contributed by atoms with E-state index in [4.69, 9.17) is 16.9 Å². The van der Waals surface area contributed by atoms with Gasteiger partial charge in [0.05, 0.1) is 11.6 Å². The highest BCUT2D eigenvalue weighted by Gasteiger charge is 2.06. The minimum atomic E-state index is 0.671. The molecule has 1 radical (unpaired) electrons. The maximum Gasteiger partial charge on any atom is 0.0994 e. The van der Waals surface area contributed by atoms with Gasteiger partial charge >= 0.3 is 0 Å². The summed E-state index contributed by atoms with van der Waals surface area (Å²) in [6.45, 7) is 3.93. The molecule has 61 valence electrons. The molecule has 1 nitrogen and oxygen atoms in total. The molecular weight excluding hydrogens is 170 g/mol. The van der Waals surface area contributed by atoms with Crippen LogP contribution in [-0.4, -0.2) is 0 Å². The number of hydrogen-bond donors (Lipinski definition) is 0. The molecule has 0 aliphatic heterocycles. The van der Waals surface area contributed by atoms with Crippen LogP contribution in [0.1, 0.15) is 25.0 Å². The summed E-state index contributed by atoms with van der Waals surface area (Å²) in [7, 11) is 0. The number of halogens is 1. The summed E-state index contributed by atoms with van der Waals surface area (Å²) in [6.07, 6.45) is 0. The lowest BCUT2D eigenvalue weighted by atomic mass is 9.98. The molecule has 0 spiro atoms. The first-order chi connectivity index (χ1) is 5.65. The Bertz CT molecular complexity index is 323. The monoisotopic (exact) mass is 178 g/mol. The minimum Gasteiger partial charge on any atom is -0.192 e. The van der Waals surface area contributed by atoms with Gasteiger partial charge in [-0.3, -0.25) is 0 Å². The van der Waals surface area contributed by atoms with Crippen LogP contribution in [0, 0.1) is 17.2 Å². The predicted octanol–water partition coefficient (Wildman–Crippen LogP) is 3.17. The first-order valence-corrected chi connectivity index (χ1v) is 4.03. The first kappa shape index (κ1) is 9.09. The van der Waals surface area contributed by atoms with Gasteiger partial charge in [0.2, 0.25) is 0 Å². The van der Waals surface area contributed by atoms with E-state index in [2.05, 4.69) is 6.07 Å². The standard InChI is InChI=1S/C10H9ClN/c1-7(2)10-5-9(11)4-3-8(10)6-12/h3-5H,1-2H3. The van der Waals surface area contributed by atoms with Crippen LogP contribution in [0.25, 0.3) is 0 Å². The van der Waals surface area contributed by atoms with Crippen LogP contribution in [-0.2, 0) is 0 Å². The van der Waals surface area contributed by atoms with Crippen LogP contribution in [0.3, 0.4) is 0 Å². The third-order valence-corrected chi connectivity index (χ3v) is 1.88. The summed E-state index contributed by atoms with van der Waals surface area (Å²) in [5.74, 6) is 1.11. The molecule has 0 aliphatic rings. The molecule has 0 saturated heterocycles. The van der Waals surface area contributed by atoms with Gasteiger partial charge in [0.1, 0.15) is 0 Å². The zero-order valence-corrected chi connectivity index (χ0v) is 7.81. The van der Waals surface area contributed by atoms with Gasteiger partial charge < -0.3 is 0 Å². The van der Waals surface area contributed by atoms with Crippen molar-refractivity contribution in [3.05, 3.63) is 40.3 Å². The molecule has 12 heavy (non-hydrogen) atoms. The maximum atomic E-state index is 8.75. The Hall–Kier alpha value is -1.00. The fourth-order valence-corrected chi connectivity index (χ4v) is 1.20. The van der Waals surface area contributed by atoms with Crippen molar-refractivity contribution in [1.82, 2.24) is 0 Å². The van der Waals surface area contributed by atoms with Crippen LogP contribution in [0.5, 0.6) is 0 Å². The molecule has 1 aromatic carbocycles. The van der Waals surface area contributed by atoms with Crippen molar-refractivity contribution in [2.24, 2.45) is 0 Å². The van der Waals surface area contributed by atoms with Crippen LogP contribution >= 0.6 is 11.6 Å². The van der Waals surface area contributed by atoms with Crippen molar-refractivity contribution in [3.63, 3.8) is 0 Å². The van der Waals surface area contributed by atoms with Crippen LogP contribution in [0.15, 0.2) is 18.2 Å². The maximum absolute atomic E-state index is 8.75. The molecular formula is C10H9ClN. The van der Waals surface area contributed by atoms with E-state index in [1.165, 1.54) is 0 Å². The molecule has 1 aromatic rings. The quantitative estimate of drug-likeness (QED) is 0.648. The molecule has 2 heteroatoms. The molecule has 0 saturated carbocycles. The Labute approximate surface area is 77.6 Å². The van der Waals surface area contributed by atoms with Gasteiger partial charge in [0.25, 0.3) is 0 Å². The number of nitriles is 1.